The van der Waals surface area contributed by atoms with Crippen molar-refractivity contribution in [2.24, 2.45) is 11.8 Å². The summed E-state index contributed by atoms with van der Waals surface area (Å²) in [6.45, 7) is 2.27. The molecule has 0 radical (unpaired) electrons. The number of benzene rings is 1. The first kappa shape index (κ1) is 12.6. The Morgan fingerprint density at radius 2 is 1.76 bits per heavy atom. The van der Waals surface area contributed by atoms with Crippen LogP contribution in [-0.2, 0) is 0 Å². The highest BCUT2D eigenvalue weighted by Gasteiger charge is 2.26. The van der Waals surface area contributed by atoms with E-state index in [9.17, 15) is 5.11 Å². The quantitative estimate of drug-likeness (QED) is 0.819. The Morgan fingerprint density at radius 1 is 1.12 bits per heavy atom. The molecule has 94 valence electrons. The average Bonchev–Trinajstić information content (AvgIpc) is 2.40. The summed E-state index contributed by atoms with van der Waals surface area (Å²) in [5.41, 5.74) is 1.09. The van der Waals surface area contributed by atoms with Gasteiger partial charge in [0.05, 0.1) is 6.10 Å². The lowest BCUT2D eigenvalue weighted by atomic mass is 9.76. The van der Waals surface area contributed by atoms with Gasteiger partial charge in [-0.25, -0.2) is 0 Å². The highest BCUT2D eigenvalue weighted by atomic mass is 16.3. The van der Waals surface area contributed by atoms with Crippen LogP contribution in [0.4, 0.5) is 0 Å². The summed E-state index contributed by atoms with van der Waals surface area (Å²) in [7, 11) is 0. The third-order valence-corrected chi connectivity index (χ3v) is 4.18. The van der Waals surface area contributed by atoms with Gasteiger partial charge in [0.2, 0.25) is 0 Å². The van der Waals surface area contributed by atoms with Crippen LogP contribution in [-0.4, -0.2) is 5.11 Å². The van der Waals surface area contributed by atoms with Crippen molar-refractivity contribution in [2.75, 3.05) is 0 Å². The van der Waals surface area contributed by atoms with Crippen LogP contribution in [0, 0.1) is 11.8 Å². The Hall–Kier alpha value is -0.820. The lowest BCUT2D eigenvalue weighted by Gasteiger charge is -2.31. The smallest absolute Gasteiger partial charge is 0.0818 e. The Morgan fingerprint density at radius 3 is 2.35 bits per heavy atom. The molecule has 0 aromatic heterocycles. The van der Waals surface area contributed by atoms with Crippen molar-refractivity contribution < 1.29 is 5.11 Å². The maximum atomic E-state index is 10.4. The van der Waals surface area contributed by atoms with E-state index in [1.54, 1.807) is 0 Å². The summed E-state index contributed by atoms with van der Waals surface area (Å²) in [4.78, 5) is 0. The normalized spacial score (nSPS) is 26.7. The summed E-state index contributed by atoms with van der Waals surface area (Å²) in [5, 5.41) is 10.4. The molecule has 1 heteroatoms. The van der Waals surface area contributed by atoms with E-state index in [4.69, 9.17) is 0 Å². The summed E-state index contributed by atoms with van der Waals surface area (Å²) in [6, 6.07) is 10.1. The molecule has 17 heavy (non-hydrogen) atoms. The zero-order valence-corrected chi connectivity index (χ0v) is 10.8. The van der Waals surface area contributed by atoms with Gasteiger partial charge in [-0.3, -0.25) is 0 Å². The Bertz CT molecular complexity index is 312. The van der Waals surface area contributed by atoms with Gasteiger partial charge in [0, 0.05) is 0 Å². The van der Waals surface area contributed by atoms with Crippen LogP contribution < -0.4 is 0 Å². The van der Waals surface area contributed by atoms with Crippen LogP contribution in [0.2, 0.25) is 0 Å². The van der Waals surface area contributed by atoms with Gasteiger partial charge in [-0.2, -0.15) is 0 Å². The Kier molecular flexibility index (Phi) is 4.61. The molecule has 0 spiro atoms. The molecule has 1 aromatic rings. The minimum absolute atomic E-state index is 0.251. The molecule has 1 atom stereocenters. The molecule has 1 aliphatic rings. The predicted molar refractivity (Wildman–Crippen MR) is 71.8 cm³/mol. The summed E-state index contributed by atoms with van der Waals surface area (Å²) in [5.74, 6) is 1.39. The monoisotopic (exact) mass is 232 g/mol. The Labute approximate surface area is 105 Å². The second-order valence-electron chi connectivity index (χ2n) is 5.43. The maximum absolute atomic E-state index is 10.4. The van der Waals surface area contributed by atoms with Gasteiger partial charge in [0.1, 0.15) is 0 Å². The van der Waals surface area contributed by atoms with Crippen LogP contribution in [0.15, 0.2) is 30.3 Å². The van der Waals surface area contributed by atoms with Gasteiger partial charge >= 0.3 is 0 Å². The van der Waals surface area contributed by atoms with Gasteiger partial charge in [0.25, 0.3) is 0 Å². The number of aliphatic hydroxyl groups excluding tert-OH is 1. The molecule has 1 N–H and O–H groups in total. The third-order valence-electron chi connectivity index (χ3n) is 4.18. The molecular weight excluding hydrogens is 208 g/mol. The Balaban J connectivity index is 1.88. The van der Waals surface area contributed by atoms with E-state index in [1.807, 2.05) is 30.3 Å². The van der Waals surface area contributed by atoms with Crippen LogP contribution in [0.25, 0.3) is 0 Å². The molecule has 1 nitrogen and oxygen atoms in total. The van der Waals surface area contributed by atoms with Gasteiger partial charge < -0.3 is 5.11 Å². The van der Waals surface area contributed by atoms with E-state index in [-0.39, 0.29) is 6.10 Å². The van der Waals surface area contributed by atoms with E-state index in [1.165, 1.54) is 38.5 Å². The topological polar surface area (TPSA) is 20.2 Å². The molecular formula is C16H24O. The highest BCUT2D eigenvalue weighted by molar-refractivity contribution is 5.18. The lowest BCUT2D eigenvalue weighted by Crippen LogP contribution is -2.20. The molecule has 1 saturated carbocycles. The van der Waals surface area contributed by atoms with E-state index < -0.39 is 0 Å². The summed E-state index contributed by atoms with van der Waals surface area (Å²) < 4.78 is 0. The van der Waals surface area contributed by atoms with Crippen LogP contribution >= 0.6 is 0 Å². The predicted octanol–water partition coefficient (Wildman–Crippen LogP) is 4.33. The second-order valence-corrected chi connectivity index (χ2v) is 5.43. The zero-order chi connectivity index (χ0) is 12.1. The first-order chi connectivity index (χ1) is 8.31. The van der Waals surface area contributed by atoms with Gasteiger partial charge in [-0.1, -0.05) is 62.9 Å². The third kappa shape index (κ3) is 3.32. The van der Waals surface area contributed by atoms with Gasteiger partial charge in [0.15, 0.2) is 0 Å². The van der Waals surface area contributed by atoms with Crippen molar-refractivity contribution in [3.05, 3.63) is 35.9 Å². The fraction of sp³-hybridized carbons (Fsp3) is 0.625. The highest BCUT2D eigenvalue weighted by Crippen LogP contribution is 2.38. The number of hydrogen-bond donors (Lipinski definition) is 1. The molecule has 1 aromatic carbocycles. The fourth-order valence-corrected chi connectivity index (χ4v) is 3.12. The molecule has 0 aliphatic heterocycles. The van der Waals surface area contributed by atoms with Crippen molar-refractivity contribution in [1.29, 1.82) is 0 Å². The number of aliphatic hydroxyl groups is 1. The molecule has 1 fully saturated rings. The summed E-state index contributed by atoms with van der Waals surface area (Å²) >= 11 is 0. The molecule has 1 unspecified atom stereocenters. The van der Waals surface area contributed by atoms with E-state index in [0.29, 0.717) is 5.92 Å². The van der Waals surface area contributed by atoms with E-state index in [0.717, 1.165) is 11.5 Å². The van der Waals surface area contributed by atoms with Crippen LogP contribution in [0.1, 0.15) is 57.1 Å². The van der Waals surface area contributed by atoms with Gasteiger partial charge in [-0.15, -0.1) is 0 Å². The molecule has 0 heterocycles. The number of hydrogen-bond acceptors (Lipinski definition) is 1. The molecule has 0 saturated heterocycles. The second kappa shape index (κ2) is 6.20. The first-order valence-electron chi connectivity index (χ1n) is 7.04. The zero-order valence-electron chi connectivity index (χ0n) is 10.8. The van der Waals surface area contributed by atoms with Crippen molar-refractivity contribution in [2.45, 2.75) is 51.6 Å². The fourth-order valence-electron chi connectivity index (χ4n) is 3.12. The van der Waals surface area contributed by atoms with E-state index in [2.05, 4.69) is 6.92 Å². The molecule has 2 rings (SSSR count). The van der Waals surface area contributed by atoms with Crippen molar-refractivity contribution >= 4 is 0 Å². The van der Waals surface area contributed by atoms with Crippen molar-refractivity contribution in [3.63, 3.8) is 0 Å². The van der Waals surface area contributed by atoms with Crippen LogP contribution in [0.5, 0.6) is 0 Å². The summed E-state index contributed by atoms with van der Waals surface area (Å²) in [6.07, 6.45) is 7.43. The van der Waals surface area contributed by atoms with E-state index >= 15 is 0 Å². The SMILES string of the molecule is CCCC1CCC(C(O)c2ccccc2)CC1. The number of rotatable bonds is 4. The van der Waals surface area contributed by atoms with Gasteiger partial charge in [-0.05, 0) is 30.2 Å². The minimum Gasteiger partial charge on any atom is -0.388 e. The first-order valence-corrected chi connectivity index (χ1v) is 7.04. The average molecular weight is 232 g/mol. The van der Waals surface area contributed by atoms with Crippen molar-refractivity contribution in [3.8, 4) is 0 Å². The molecule has 1 aliphatic carbocycles. The molecule has 0 amide bonds. The lowest BCUT2D eigenvalue weighted by molar-refractivity contribution is 0.0722. The minimum atomic E-state index is -0.251. The molecule has 0 bridgehead atoms. The maximum Gasteiger partial charge on any atom is 0.0818 e. The largest absolute Gasteiger partial charge is 0.388 e. The van der Waals surface area contributed by atoms with Crippen molar-refractivity contribution in [1.82, 2.24) is 0 Å². The standard InChI is InChI=1S/C16H24O/c1-2-6-13-9-11-15(12-10-13)16(17)14-7-4-3-5-8-14/h3-5,7-8,13,15-17H,2,6,9-12H2,1H3. The van der Waals surface area contributed by atoms with Crippen LogP contribution in [0.3, 0.4) is 0 Å².